The molecule has 4 heteroatoms. The number of rotatable bonds is 4. The van der Waals surface area contributed by atoms with E-state index in [2.05, 4.69) is 22.2 Å². The van der Waals surface area contributed by atoms with E-state index in [1.54, 1.807) is 6.07 Å². The van der Waals surface area contributed by atoms with E-state index in [0.717, 1.165) is 11.7 Å². The van der Waals surface area contributed by atoms with Gasteiger partial charge in [0.25, 0.3) is 5.56 Å². The number of aromatic amines is 1. The Morgan fingerprint density at radius 2 is 2.12 bits per heavy atom. The first-order valence-corrected chi connectivity index (χ1v) is 6.44. The molecule has 1 unspecified atom stereocenters. The molecular weight excluding hydrogens is 214 g/mol. The highest BCUT2D eigenvalue weighted by Crippen LogP contribution is 2.30. The first-order chi connectivity index (χ1) is 8.06. The molecule has 0 aliphatic heterocycles. The fourth-order valence-corrected chi connectivity index (χ4v) is 2.11. The zero-order chi connectivity index (χ0) is 12.4. The van der Waals surface area contributed by atoms with Crippen LogP contribution in [0.4, 0.5) is 5.82 Å². The van der Waals surface area contributed by atoms with Crippen molar-refractivity contribution in [2.45, 2.75) is 52.0 Å². The van der Waals surface area contributed by atoms with Gasteiger partial charge in [-0.05, 0) is 25.7 Å². The molecule has 1 saturated carbocycles. The summed E-state index contributed by atoms with van der Waals surface area (Å²) in [6.07, 6.45) is 3.90. The van der Waals surface area contributed by atoms with Crippen LogP contribution in [0.1, 0.15) is 51.8 Å². The Morgan fingerprint density at radius 3 is 2.65 bits per heavy atom. The number of hydrogen-bond acceptors (Lipinski definition) is 3. The maximum atomic E-state index is 11.5. The second kappa shape index (κ2) is 4.90. The molecule has 0 spiro atoms. The van der Waals surface area contributed by atoms with Crippen molar-refractivity contribution in [1.82, 2.24) is 9.97 Å². The van der Waals surface area contributed by atoms with Crippen LogP contribution in [-0.4, -0.2) is 16.0 Å². The fraction of sp³-hybridized carbons (Fsp3) is 0.692. The highest BCUT2D eigenvalue weighted by molar-refractivity contribution is 5.34. The van der Waals surface area contributed by atoms with Crippen LogP contribution in [0.25, 0.3) is 0 Å². The molecule has 1 heterocycles. The lowest BCUT2D eigenvalue weighted by molar-refractivity contribution is 0.285. The van der Waals surface area contributed by atoms with Crippen LogP contribution >= 0.6 is 0 Å². The Hall–Kier alpha value is -1.32. The predicted molar refractivity (Wildman–Crippen MR) is 69.4 cm³/mol. The summed E-state index contributed by atoms with van der Waals surface area (Å²) in [6, 6.07) is 1.94. The van der Waals surface area contributed by atoms with Crippen molar-refractivity contribution in [3.8, 4) is 0 Å². The van der Waals surface area contributed by atoms with Gasteiger partial charge in [0.05, 0.1) is 0 Å². The van der Waals surface area contributed by atoms with Crippen LogP contribution in [0.5, 0.6) is 0 Å². The summed E-state index contributed by atoms with van der Waals surface area (Å²) in [5.41, 5.74) is -0.0768. The Labute approximate surface area is 102 Å². The van der Waals surface area contributed by atoms with Crippen LogP contribution in [0.3, 0.4) is 0 Å². The topological polar surface area (TPSA) is 57.8 Å². The Kier molecular flexibility index (Phi) is 3.50. The molecule has 2 N–H and O–H groups in total. The minimum Gasteiger partial charge on any atom is -0.367 e. The van der Waals surface area contributed by atoms with Crippen molar-refractivity contribution in [2.75, 3.05) is 5.32 Å². The quantitative estimate of drug-likeness (QED) is 0.843. The second-order valence-electron chi connectivity index (χ2n) is 5.29. The summed E-state index contributed by atoms with van der Waals surface area (Å²) in [5.74, 6) is 2.43. The molecule has 1 atom stereocenters. The Morgan fingerprint density at radius 1 is 1.41 bits per heavy atom. The molecule has 94 valence electrons. The average molecular weight is 235 g/mol. The molecule has 0 saturated heterocycles. The van der Waals surface area contributed by atoms with Gasteiger partial charge in [0, 0.05) is 18.0 Å². The van der Waals surface area contributed by atoms with Gasteiger partial charge >= 0.3 is 0 Å². The summed E-state index contributed by atoms with van der Waals surface area (Å²) in [6.45, 7) is 6.22. The molecule has 2 rings (SSSR count). The van der Waals surface area contributed by atoms with Crippen molar-refractivity contribution in [3.05, 3.63) is 22.2 Å². The third kappa shape index (κ3) is 2.87. The smallest absolute Gasteiger partial charge is 0.252 e. The molecule has 0 amide bonds. The van der Waals surface area contributed by atoms with Crippen molar-refractivity contribution in [2.24, 2.45) is 5.92 Å². The van der Waals surface area contributed by atoms with Crippen molar-refractivity contribution < 1.29 is 0 Å². The van der Waals surface area contributed by atoms with E-state index in [1.807, 2.05) is 13.8 Å². The molecule has 0 bridgehead atoms. The van der Waals surface area contributed by atoms with Crippen molar-refractivity contribution in [1.29, 1.82) is 0 Å². The van der Waals surface area contributed by atoms with E-state index in [-0.39, 0.29) is 11.5 Å². The summed E-state index contributed by atoms with van der Waals surface area (Å²) < 4.78 is 0. The molecular formula is C13H21N3O. The van der Waals surface area contributed by atoms with E-state index < -0.39 is 0 Å². The summed E-state index contributed by atoms with van der Waals surface area (Å²) in [4.78, 5) is 18.7. The lowest BCUT2D eigenvalue weighted by atomic mass is 9.80. The summed E-state index contributed by atoms with van der Waals surface area (Å²) in [5, 5.41) is 3.35. The van der Waals surface area contributed by atoms with Gasteiger partial charge < -0.3 is 10.3 Å². The van der Waals surface area contributed by atoms with Crippen LogP contribution in [0, 0.1) is 5.92 Å². The highest BCUT2D eigenvalue weighted by atomic mass is 16.1. The van der Waals surface area contributed by atoms with Gasteiger partial charge in [-0.15, -0.1) is 0 Å². The van der Waals surface area contributed by atoms with E-state index >= 15 is 0 Å². The van der Waals surface area contributed by atoms with Gasteiger partial charge in [-0.3, -0.25) is 4.79 Å². The largest absolute Gasteiger partial charge is 0.367 e. The normalized spacial score (nSPS) is 17.9. The number of hydrogen-bond donors (Lipinski definition) is 2. The molecule has 1 fully saturated rings. The van der Waals surface area contributed by atoms with E-state index in [9.17, 15) is 4.79 Å². The van der Waals surface area contributed by atoms with Gasteiger partial charge in [0.1, 0.15) is 11.6 Å². The third-order valence-corrected chi connectivity index (χ3v) is 3.54. The zero-order valence-electron chi connectivity index (χ0n) is 10.8. The van der Waals surface area contributed by atoms with Gasteiger partial charge in [0.15, 0.2) is 0 Å². The summed E-state index contributed by atoms with van der Waals surface area (Å²) >= 11 is 0. The lowest BCUT2D eigenvalue weighted by Gasteiger charge is -2.32. The fourth-order valence-electron chi connectivity index (χ4n) is 2.11. The van der Waals surface area contributed by atoms with Crippen molar-refractivity contribution >= 4 is 5.82 Å². The first kappa shape index (κ1) is 12.1. The second-order valence-corrected chi connectivity index (χ2v) is 5.29. The Bertz CT molecular complexity index is 435. The van der Waals surface area contributed by atoms with Crippen LogP contribution in [0.15, 0.2) is 10.9 Å². The standard InChI is InChI=1S/C13H21N3O/c1-8(2)13-15-11(7-12(17)16-13)14-9(3)10-5-4-6-10/h7-10H,4-6H2,1-3H3,(H2,14,15,16,17). The molecule has 0 aromatic carbocycles. The molecule has 0 radical (unpaired) electrons. The maximum Gasteiger partial charge on any atom is 0.252 e. The minimum atomic E-state index is -0.0768. The molecule has 1 aromatic heterocycles. The van der Waals surface area contributed by atoms with Crippen LogP contribution in [0.2, 0.25) is 0 Å². The Balaban J connectivity index is 2.11. The number of nitrogens with one attached hydrogen (secondary N) is 2. The van der Waals surface area contributed by atoms with E-state index in [0.29, 0.717) is 11.9 Å². The SMILES string of the molecule is CC(C)c1nc(NC(C)C2CCC2)cc(=O)[nH]1. The molecule has 4 nitrogen and oxygen atoms in total. The number of nitrogens with zero attached hydrogens (tertiary/aromatic N) is 1. The van der Waals surface area contributed by atoms with Gasteiger partial charge in [-0.25, -0.2) is 4.98 Å². The number of H-pyrrole nitrogens is 1. The molecule has 1 aliphatic rings. The molecule has 17 heavy (non-hydrogen) atoms. The predicted octanol–water partition coefficient (Wildman–Crippen LogP) is 2.49. The van der Waals surface area contributed by atoms with Gasteiger partial charge in [0.2, 0.25) is 0 Å². The minimum absolute atomic E-state index is 0.0768. The monoisotopic (exact) mass is 235 g/mol. The van der Waals surface area contributed by atoms with Crippen molar-refractivity contribution in [3.63, 3.8) is 0 Å². The molecule has 1 aliphatic carbocycles. The number of anilines is 1. The van der Waals surface area contributed by atoms with E-state index in [1.165, 1.54) is 19.3 Å². The van der Waals surface area contributed by atoms with Crippen LogP contribution in [-0.2, 0) is 0 Å². The maximum absolute atomic E-state index is 11.5. The third-order valence-electron chi connectivity index (χ3n) is 3.54. The highest BCUT2D eigenvalue weighted by Gasteiger charge is 2.24. The number of aromatic nitrogens is 2. The summed E-state index contributed by atoms with van der Waals surface area (Å²) in [7, 11) is 0. The first-order valence-electron chi connectivity index (χ1n) is 6.44. The van der Waals surface area contributed by atoms with Crippen LogP contribution < -0.4 is 10.9 Å². The lowest BCUT2D eigenvalue weighted by Crippen LogP contribution is -2.31. The van der Waals surface area contributed by atoms with E-state index in [4.69, 9.17) is 0 Å². The average Bonchev–Trinajstić information content (AvgIpc) is 2.13. The zero-order valence-corrected chi connectivity index (χ0v) is 10.8. The van der Waals surface area contributed by atoms with Gasteiger partial charge in [-0.2, -0.15) is 0 Å². The van der Waals surface area contributed by atoms with Gasteiger partial charge in [-0.1, -0.05) is 20.3 Å². The molecule has 1 aromatic rings.